The molecule has 0 bridgehead atoms. The Hall–Kier alpha value is -1.62. The summed E-state index contributed by atoms with van der Waals surface area (Å²) in [6.45, 7) is 6.51. The van der Waals surface area contributed by atoms with E-state index in [0.29, 0.717) is 6.54 Å². The number of carboxylic acid groups (broad SMARTS) is 2. The molecule has 0 aromatic heterocycles. The van der Waals surface area contributed by atoms with Crippen molar-refractivity contribution in [3.05, 3.63) is 23.3 Å². The van der Waals surface area contributed by atoms with Crippen molar-refractivity contribution < 1.29 is 19.8 Å². The molecule has 1 rings (SSSR count). The summed E-state index contributed by atoms with van der Waals surface area (Å²) in [5, 5.41) is 21.1. The van der Waals surface area contributed by atoms with Gasteiger partial charge in [-0.3, -0.25) is 9.59 Å². The van der Waals surface area contributed by atoms with E-state index in [1.807, 2.05) is 20.8 Å². The Morgan fingerprint density at radius 1 is 1.20 bits per heavy atom. The third kappa shape index (κ3) is 4.49. The molecule has 3 atom stereocenters. The Labute approximate surface area is 119 Å². The van der Waals surface area contributed by atoms with Crippen LogP contribution < -0.4 is 5.32 Å². The summed E-state index contributed by atoms with van der Waals surface area (Å²) < 4.78 is 0. The number of allylic oxidation sites excluding steroid dienone is 3. The molecular formula is C15H23NO4. The van der Waals surface area contributed by atoms with Gasteiger partial charge in [0.05, 0.1) is 6.42 Å². The lowest BCUT2D eigenvalue weighted by Crippen LogP contribution is -2.36. The Morgan fingerprint density at radius 2 is 1.85 bits per heavy atom. The minimum absolute atomic E-state index is 0.0298. The van der Waals surface area contributed by atoms with Crippen LogP contribution in [0, 0.1) is 11.8 Å². The highest BCUT2D eigenvalue weighted by molar-refractivity contribution is 5.76. The first-order chi connectivity index (χ1) is 9.32. The number of carbonyl (C=O) groups is 2. The molecule has 3 unspecified atom stereocenters. The molecule has 5 nitrogen and oxygen atoms in total. The van der Waals surface area contributed by atoms with Crippen molar-refractivity contribution >= 4 is 11.9 Å². The van der Waals surface area contributed by atoms with Gasteiger partial charge in [0.1, 0.15) is 6.04 Å². The van der Waals surface area contributed by atoms with E-state index < -0.39 is 23.9 Å². The SMILES string of the molecule is CC(C)=CCC=C(C)C1CNC(C(=O)O)C1CC(=O)O. The molecule has 0 radical (unpaired) electrons. The predicted molar refractivity (Wildman–Crippen MR) is 76.5 cm³/mol. The minimum Gasteiger partial charge on any atom is -0.481 e. The van der Waals surface area contributed by atoms with Crippen LogP contribution in [0.4, 0.5) is 0 Å². The van der Waals surface area contributed by atoms with Crippen molar-refractivity contribution in [2.45, 2.75) is 39.7 Å². The lowest BCUT2D eigenvalue weighted by Gasteiger charge is -2.20. The van der Waals surface area contributed by atoms with E-state index in [2.05, 4.69) is 17.5 Å². The quantitative estimate of drug-likeness (QED) is 0.649. The number of rotatable bonds is 6. The Balaban J connectivity index is 2.83. The fraction of sp³-hybridized carbons (Fsp3) is 0.600. The number of hydrogen-bond donors (Lipinski definition) is 3. The van der Waals surface area contributed by atoms with Crippen molar-refractivity contribution in [2.75, 3.05) is 6.54 Å². The van der Waals surface area contributed by atoms with Crippen LogP contribution >= 0.6 is 0 Å². The van der Waals surface area contributed by atoms with Crippen LogP contribution in [0.5, 0.6) is 0 Å². The van der Waals surface area contributed by atoms with Gasteiger partial charge in [-0.15, -0.1) is 0 Å². The van der Waals surface area contributed by atoms with E-state index in [1.54, 1.807) is 0 Å². The molecule has 20 heavy (non-hydrogen) atoms. The number of carboxylic acids is 2. The summed E-state index contributed by atoms with van der Waals surface area (Å²) in [6.07, 6.45) is 4.82. The Kier molecular flexibility index (Phi) is 5.95. The Bertz CT molecular complexity index is 435. The second-order valence-electron chi connectivity index (χ2n) is 5.56. The van der Waals surface area contributed by atoms with E-state index in [-0.39, 0.29) is 12.3 Å². The maximum absolute atomic E-state index is 11.2. The molecule has 1 heterocycles. The summed E-state index contributed by atoms with van der Waals surface area (Å²) >= 11 is 0. The van der Waals surface area contributed by atoms with E-state index in [4.69, 9.17) is 10.2 Å². The molecule has 0 amide bonds. The van der Waals surface area contributed by atoms with Gasteiger partial charge < -0.3 is 15.5 Å². The fourth-order valence-electron chi connectivity index (χ4n) is 2.65. The van der Waals surface area contributed by atoms with E-state index in [9.17, 15) is 9.59 Å². The van der Waals surface area contributed by atoms with Crippen LogP contribution in [-0.4, -0.2) is 34.7 Å². The van der Waals surface area contributed by atoms with E-state index in [0.717, 1.165) is 12.0 Å². The summed E-state index contributed by atoms with van der Waals surface area (Å²) in [7, 11) is 0. The maximum Gasteiger partial charge on any atom is 0.321 e. The molecule has 1 fully saturated rings. The summed E-state index contributed by atoms with van der Waals surface area (Å²) in [5.74, 6) is -2.35. The maximum atomic E-state index is 11.2. The topological polar surface area (TPSA) is 86.6 Å². The highest BCUT2D eigenvalue weighted by Gasteiger charge is 2.41. The van der Waals surface area contributed by atoms with Gasteiger partial charge >= 0.3 is 11.9 Å². The average Bonchev–Trinajstić information content (AvgIpc) is 2.71. The first kappa shape index (κ1) is 16.4. The van der Waals surface area contributed by atoms with Crippen LogP contribution in [0.2, 0.25) is 0 Å². The van der Waals surface area contributed by atoms with Crippen LogP contribution in [0.15, 0.2) is 23.3 Å². The highest BCUT2D eigenvalue weighted by Crippen LogP contribution is 2.31. The molecule has 0 aromatic carbocycles. The molecule has 5 heteroatoms. The fourth-order valence-corrected chi connectivity index (χ4v) is 2.65. The monoisotopic (exact) mass is 281 g/mol. The van der Waals surface area contributed by atoms with Gasteiger partial charge in [0, 0.05) is 12.5 Å². The molecule has 1 aliphatic rings. The second kappa shape index (κ2) is 7.24. The van der Waals surface area contributed by atoms with Gasteiger partial charge in [0.2, 0.25) is 0 Å². The molecule has 112 valence electrons. The normalized spacial score (nSPS) is 26.4. The van der Waals surface area contributed by atoms with Gasteiger partial charge in [-0.05, 0) is 33.1 Å². The molecule has 0 spiro atoms. The van der Waals surface area contributed by atoms with Crippen LogP contribution in [-0.2, 0) is 9.59 Å². The van der Waals surface area contributed by atoms with Crippen LogP contribution in [0.3, 0.4) is 0 Å². The predicted octanol–water partition coefficient (Wildman–Crippen LogP) is 2.05. The Morgan fingerprint density at radius 3 is 2.35 bits per heavy atom. The van der Waals surface area contributed by atoms with Crippen LogP contribution in [0.1, 0.15) is 33.6 Å². The van der Waals surface area contributed by atoms with Gasteiger partial charge in [-0.1, -0.05) is 23.3 Å². The highest BCUT2D eigenvalue weighted by atomic mass is 16.4. The first-order valence-electron chi connectivity index (χ1n) is 6.81. The number of hydrogen-bond acceptors (Lipinski definition) is 3. The number of nitrogens with one attached hydrogen (secondary N) is 1. The zero-order valence-corrected chi connectivity index (χ0v) is 12.2. The zero-order chi connectivity index (χ0) is 15.3. The summed E-state index contributed by atoms with van der Waals surface area (Å²) in [5.41, 5.74) is 2.29. The summed E-state index contributed by atoms with van der Waals surface area (Å²) in [6, 6.07) is -0.775. The summed E-state index contributed by atoms with van der Waals surface area (Å²) in [4.78, 5) is 22.1. The minimum atomic E-state index is -0.976. The lowest BCUT2D eigenvalue weighted by atomic mass is 9.83. The average molecular weight is 281 g/mol. The van der Waals surface area contributed by atoms with Crippen molar-refractivity contribution in [1.29, 1.82) is 0 Å². The zero-order valence-electron chi connectivity index (χ0n) is 12.2. The van der Waals surface area contributed by atoms with Crippen molar-refractivity contribution in [3.63, 3.8) is 0 Å². The third-order valence-corrected chi connectivity index (χ3v) is 3.73. The molecule has 1 saturated heterocycles. The number of aliphatic carboxylic acids is 2. The molecule has 0 aromatic rings. The van der Waals surface area contributed by atoms with Crippen molar-refractivity contribution in [1.82, 2.24) is 5.32 Å². The van der Waals surface area contributed by atoms with Crippen molar-refractivity contribution in [2.24, 2.45) is 11.8 Å². The molecule has 0 saturated carbocycles. The standard InChI is InChI=1S/C15H23NO4/c1-9(2)5-4-6-10(3)12-8-16-14(15(19)20)11(12)7-13(17)18/h5-6,11-12,14,16H,4,7-8H2,1-3H3,(H,17,18)(H,19,20). The smallest absolute Gasteiger partial charge is 0.321 e. The van der Waals surface area contributed by atoms with E-state index in [1.165, 1.54) is 5.57 Å². The lowest BCUT2D eigenvalue weighted by molar-refractivity contribution is -0.142. The molecule has 0 aliphatic carbocycles. The van der Waals surface area contributed by atoms with Gasteiger partial charge in [-0.2, -0.15) is 0 Å². The third-order valence-electron chi connectivity index (χ3n) is 3.73. The van der Waals surface area contributed by atoms with Gasteiger partial charge in [0.15, 0.2) is 0 Å². The van der Waals surface area contributed by atoms with E-state index >= 15 is 0 Å². The van der Waals surface area contributed by atoms with Crippen LogP contribution in [0.25, 0.3) is 0 Å². The van der Waals surface area contributed by atoms with Crippen molar-refractivity contribution in [3.8, 4) is 0 Å². The molecule has 1 aliphatic heterocycles. The first-order valence-corrected chi connectivity index (χ1v) is 6.81. The van der Waals surface area contributed by atoms with Gasteiger partial charge in [0.25, 0.3) is 0 Å². The second-order valence-corrected chi connectivity index (χ2v) is 5.56. The molecular weight excluding hydrogens is 258 g/mol. The largest absolute Gasteiger partial charge is 0.481 e. The molecule has 3 N–H and O–H groups in total. The van der Waals surface area contributed by atoms with Gasteiger partial charge in [-0.25, -0.2) is 0 Å².